The van der Waals surface area contributed by atoms with Crippen LogP contribution in [0.5, 0.6) is 0 Å². The van der Waals surface area contributed by atoms with E-state index in [4.69, 9.17) is 37.9 Å². The third kappa shape index (κ3) is 11.0. The maximum atomic E-state index is 15.5. The minimum absolute atomic E-state index is 0.0142. The lowest BCUT2D eigenvalue weighted by atomic mass is 9.35. The molecule has 0 bridgehead atoms. The summed E-state index contributed by atoms with van der Waals surface area (Å²) in [5, 5.41) is 160. The Balaban J connectivity index is 1.10. The van der Waals surface area contributed by atoms with Crippen molar-refractivity contribution in [1.29, 1.82) is 0 Å². The highest BCUT2D eigenvalue weighted by atomic mass is 16.8. The molecule has 27 unspecified atom stereocenters. The zero-order valence-corrected chi connectivity index (χ0v) is 45.5. The third-order valence-electron chi connectivity index (χ3n) is 20.3. The van der Waals surface area contributed by atoms with Crippen LogP contribution in [0.15, 0.2) is 23.8 Å². The summed E-state index contributed by atoms with van der Waals surface area (Å²) in [4.78, 5) is 28.0. The Bertz CT molecular complexity index is 2180. The smallest absolute Gasteiger partial charge is 0.331 e. The van der Waals surface area contributed by atoms with E-state index in [-0.39, 0.29) is 34.8 Å². The highest BCUT2D eigenvalue weighted by Gasteiger charge is 2.68. The molecule has 25 heteroatoms. The molecule has 8 rings (SSSR count). The van der Waals surface area contributed by atoms with E-state index in [0.717, 1.165) is 5.57 Å². The van der Waals surface area contributed by atoms with Gasteiger partial charge in [-0.05, 0) is 104 Å². The number of aliphatic hydroxyl groups excluding tert-OH is 14. The van der Waals surface area contributed by atoms with Crippen molar-refractivity contribution in [2.45, 2.75) is 222 Å². The zero-order valence-electron chi connectivity index (χ0n) is 45.5. The molecule has 452 valence electrons. The van der Waals surface area contributed by atoms with Gasteiger partial charge < -0.3 is 114 Å². The fraction of sp³-hybridized carbons (Fsp3) is 0.889. The van der Waals surface area contributed by atoms with Crippen molar-refractivity contribution in [3.63, 3.8) is 0 Å². The lowest BCUT2D eigenvalue weighted by molar-refractivity contribution is -0.377. The SMILES string of the molecule is C=C(C(=O)O)C1CCC2(C)C(CC=C3C4CC(C)(C)CCC4(C(=O)OC4OC(COC5OC(CO)C(O)C(O)C5OC5OC(CO)C(O)C(O)C5O)C(O)C(OC5OC(CO)C(O)C(O)C5O)C4O)CCC32C)C1(C)CCCO. The average Bonchev–Trinajstić information content (AvgIpc) is 3.27. The van der Waals surface area contributed by atoms with Crippen LogP contribution in [0.2, 0.25) is 0 Å². The maximum absolute atomic E-state index is 15.5. The van der Waals surface area contributed by atoms with E-state index in [9.17, 15) is 81.4 Å². The van der Waals surface area contributed by atoms with Gasteiger partial charge in [-0.1, -0.05) is 52.8 Å². The summed E-state index contributed by atoms with van der Waals surface area (Å²) >= 11 is 0. The fourth-order valence-electron chi connectivity index (χ4n) is 15.2. The maximum Gasteiger partial charge on any atom is 0.331 e. The van der Waals surface area contributed by atoms with E-state index < -0.39 is 183 Å². The normalized spacial score (nSPS) is 49.8. The summed E-state index contributed by atoms with van der Waals surface area (Å²) in [5.41, 5.74) is -1.63. The Morgan fingerprint density at radius 1 is 0.620 bits per heavy atom. The van der Waals surface area contributed by atoms with Crippen LogP contribution in [0.1, 0.15) is 98.8 Å². The number of aliphatic carboxylic acids is 1. The Morgan fingerprint density at radius 2 is 1.15 bits per heavy atom. The van der Waals surface area contributed by atoms with Crippen LogP contribution < -0.4 is 0 Å². The molecule has 0 aromatic heterocycles. The van der Waals surface area contributed by atoms with Crippen LogP contribution in [0.3, 0.4) is 0 Å². The summed E-state index contributed by atoms with van der Waals surface area (Å²) in [5.74, 6) is -2.54. The van der Waals surface area contributed by atoms with Crippen LogP contribution in [-0.2, 0) is 47.5 Å². The number of hydrogen-bond donors (Lipinski definition) is 15. The van der Waals surface area contributed by atoms with Gasteiger partial charge in [-0.25, -0.2) is 4.79 Å². The van der Waals surface area contributed by atoms with Crippen LogP contribution in [0, 0.1) is 44.8 Å². The standard InChI is InChI=1S/C54H86O25/c1-23(44(69)70)24-10-12-53(6)31(51(24,4)11-7-17-55)9-8-25-26-18-50(2,3)13-15-54(26,16-14-52(25,53)5)49(71)79-47-41(68)42(77-45-39(66)36(63)32(59)27(19-56)73-45)35(62)30(76-47)22-72-48-43(38(65)34(61)29(21-58)75-48)78-46-40(67)37(64)33(60)28(20-57)74-46/h8,24,26-43,45-48,55-68H,1,7,9-22H2,2-6H3,(H,69,70). The number of carbonyl (C=O) groups is 2. The van der Waals surface area contributed by atoms with E-state index >= 15 is 4.79 Å². The number of carboxylic acid groups (broad SMARTS) is 1. The van der Waals surface area contributed by atoms with Gasteiger partial charge in [0.1, 0.15) is 97.7 Å². The molecule has 7 fully saturated rings. The number of esters is 1. The lowest BCUT2D eigenvalue weighted by Gasteiger charge is -2.69. The highest BCUT2D eigenvalue weighted by Crippen LogP contribution is 2.74. The number of carboxylic acids is 1. The number of allylic oxidation sites excluding steroid dienone is 2. The molecule has 0 aromatic carbocycles. The van der Waals surface area contributed by atoms with Crippen molar-refractivity contribution in [1.82, 2.24) is 0 Å². The quantitative estimate of drug-likeness (QED) is 0.0397. The molecule has 0 radical (unpaired) electrons. The molecule has 0 amide bonds. The van der Waals surface area contributed by atoms with Gasteiger partial charge in [0.25, 0.3) is 0 Å². The van der Waals surface area contributed by atoms with E-state index in [1.165, 1.54) is 0 Å². The number of hydrogen-bond acceptors (Lipinski definition) is 24. The summed E-state index contributed by atoms with van der Waals surface area (Å²) in [7, 11) is 0. The van der Waals surface area contributed by atoms with E-state index in [0.29, 0.717) is 64.2 Å². The molecule has 4 aliphatic carbocycles. The molecule has 25 nitrogen and oxygen atoms in total. The monoisotopic (exact) mass is 1130 g/mol. The second kappa shape index (κ2) is 23.9. The molecular formula is C54H86O25. The first-order valence-electron chi connectivity index (χ1n) is 27.7. The first kappa shape index (κ1) is 62.6. The summed E-state index contributed by atoms with van der Waals surface area (Å²) in [6.07, 6.45) is -29.6. The first-order valence-corrected chi connectivity index (χ1v) is 27.7. The molecule has 8 aliphatic rings. The van der Waals surface area contributed by atoms with Gasteiger partial charge in [-0.3, -0.25) is 4.79 Å². The van der Waals surface area contributed by atoms with Crippen LogP contribution in [0.4, 0.5) is 0 Å². The molecule has 4 aliphatic heterocycles. The third-order valence-corrected chi connectivity index (χ3v) is 20.3. The summed E-state index contributed by atoms with van der Waals surface area (Å²) in [6.45, 7) is 11.5. The predicted octanol–water partition coefficient (Wildman–Crippen LogP) is -2.80. The largest absolute Gasteiger partial charge is 0.478 e. The number of carbonyl (C=O) groups excluding carboxylic acids is 1. The number of fused-ring (bicyclic) bond motifs is 5. The average molecular weight is 1140 g/mol. The number of rotatable bonds is 17. The van der Waals surface area contributed by atoms with Gasteiger partial charge in [0.15, 0.2) is 18.9 Å². The van der Waals surface area contributed by atoms with Crippen molar-refractivity contribution in [2.24, 2.45) is 44.8 Å². The van der Waals surface area contributed by atoms with E-state index in [1.807, 2.05) is 0 Å². The minimum atomic E-state index is -2.09. The number of ether oxygens (including phenoxy) is 8. The van der Waals surface area contributed by atoms with Crippen molar-refractivity contribution in [3.05, 3.63) is 23.8 Å². The molecule has 27 atom stereocenters. The van der Waals surface area contributed by atoms with Gasteiger partial charge in [0, 0.05) is 12.2 Å². The second-order valence-corrected chi connectivity index (χ2v) is 25.1. The first-order chi connectivity index (χ1) is 37.1. The highest BCUT2D eigenvalue weighted by molar-refractivity contribution is 5.86. The van der Waals surface area contributed by atoms with Gasteiger partial charge in [0.2, 0.25) is 6.29 Å². The van der Waals surface area contributed by atoms with Crippen LogP contribution in [0.25, 0.3) is 0 Å². The van der Waals surface area contributed by atoms with E-state index in [2.05, 4.69) is 47.3 Å². The Kier molecular flexibility index (Phi) is 19.0. The van der Waals surface area contributed by atoms with Gasteiger partial charge in [-0.2, -0.15) is 0 Å². The molecular weight excluding hydrogens is 1050 g/mol. The van der Waals surface area contributed by atoms with Crippen LogP contribution >= 0.6 is 0 Å². The predicted molar refractivity (Wildman–Crippen MR) is 267 cm³/mol. The molecule has 4 heterocycles. The Labute approximate surface area is 458 Å². The van der Waals surface area contributed by atoms with E-state index in [1.54, 1.807) is 0 Å². The van der Waals surface area contributed by atoms with Crippen LogP contribution in [-0.4, -0.2) is 244 Å². The molecule has 79 heavy (non-hydrogen) atoms. The van der Waals surface area contributed by atoms with Crippen molar-refractivity contribution >= 4 is 11.9 Å². The lowest BCUT2D eigenvalue weighted by Crippen LogP contribution is -2.66. The molecule has 0 aromatic rings. The Hall–Kier alpha value is -2.42. The molecule has 15 N–H and O–H groups in total. The van der Waals surface area contributed by atoms with Crippen molar-refractivity contribution < 1.29 is 124 Å². The van der Waals surface area contributed by atoms with Gasteiger partial charge in [0.05, 0.1) is 31.8 Å². The second-order valence-electron chi connectivity index (χ2n) is 25.1. The number of aliphatic hydroxyl groups is 14. The zero-order chi connectivity index (χ0) is 58.1. The topological polar surface area (TPSA) is 411 Å². The van der Waals surface area contributed by atoms with Gasteiger partial charge >= 0.3 is 11.9 Å². The summed E-state index contributed by atoms with van der Waals surface area (Å²) < 4.78 is 47.1. The fourth-order valence-corrected chi connectivity index (χ4v) is 15.2. The van der Waals surface area contributed by atoms with Crippen molar-refractivity contribution in [2.75, 3.05) is 33.0 Å². The van der Waals surface area contributed by atoms with Gasteiger partial charge in [-0.15, -0.1) is 0 Å². The van der Waals surface area contributed by atoms with Crippen molar-refractivity contribution in [3.8, 4) is 0 Å². The minimum Gasteiger partial charge on any atom is -0.478 e. The Morgan fingerprint density at radius 3 is 1.71 bits per heavy atom. The summed E-state index contributed by atoms with van der Waals surface area (Å²) in [6, 6.07) is 0. The molecule has 4 saturated heterocycles. The molecule has 0 spiro atoms. The molecule has 3 saturated carbocycles.